The summed E-state index contributed by atoms with van der Waals surface area (Å²) < 4.78 is 0. The molecule has 0 spiro atoms. The van der Waals surface area contributed by atoms with E-state index >= 15 is 0 Å². The Kier molecular flexibility index (Phi) is 3.25. The average Bonchev–Trinajstić information content (AvgIpc) is 3.10. The fraction of sp³-hybridized carbons (Fsp3) is 0.0556. The molecule has 114 valence electrons. The van der Waals surface area contributed by atoms with Gasteiger partial charge in [-0.1, -0.05) is 12.1 Å². The van der Waals surface area contributed by atoms with Gasteiger partial charge >= 0.3 is 0 Å². The molecule has 0 saturated heterocycles. The zero-order valence-corrected chi connectivity index (χ0v) is 12.9. The number of nitrogens with zero attached hydrogens (tertiary/aromatic N) is 5. The van der Waals surface area contributed by atoms with Crippen molar-refractivity contribution < 1.29 is 0 Å². The summed E-state index contributed by atoms with van der Waals surface area (Å²) in [6.45, 7) is 2.02. The SMILES string of the molecule is Cc1ccc(C#N)c(-c2cnccn2)c1-c1ccc2n[nH]nc2c1. The Balaban J connectivity index is 2.05. The van der Waals surface area contributed by atoms with Crippen LogP contribution >= 0.6 is 0 Å². The number of aromatic amines is 1. The largest absolute Gasteiger partial charge is 0.261 e. The van der Waals surface area contributed by atoms with Gasteiger partial charge in [-0.05, 0) is 41.8 Å². The van der Waals surface area contributed by atoms with Crippen LogP contribution in [0, 0.1) is 18.3 Å². The number of aromatic nitrogens is 5. The van der Waals surface area contributed by atoms with E-state index in [0.29, 0.717) is 11.3 Å². The fourth-order valence-corrected chi connectivity index (χ4v) is 2.86. The second-order valence-corrected chi connectivity index (χ2v) is 5.41. The molecule has 0 aliphatic rings. The molecule has 0 radical (unpaired) electrons. The van der Waals surface area contributed by atoms with Crippen molar-refractivity contribution in [2.75, 3.05) is 0 Å². The highest BCUT2D eigenvalue weighted by atomic mass is 15.3. The van der Waals surface area contributed by atoms with E-state index in [0.717, 1.165) is 33.3 Å². The summed E-state index contributed by atoms with van der Waals surface area (Å²) in [6, 6.07) is 11.9. The molecule has 4 rings (SSSR count). The van der Waals surface area contributed by atoms with Crippen LogP contribution < -0.4 is 0 Å². The monoisotopic (exact) mass is 312 g/mol. The lowest BCUT2D eigenvalue weighted by Crippen LogP contribution is -1.96. The fourth-order valence-electron chi connectivity index (χ4n) is 2.86. The lowest BCUT2D eigenvalue weighted by molar-refractivity contribution is 0.959. The Morgan fingerprint density at radius 3 is 2.67 bits per heavy atom. The molecule has 0 bridgehead atoms. The first-order chi connectivity index (χ1) is 11.8. The van der Waals surface area contributed by atoms with E-state index in [1.807, 2.05) is 37.3 Å². The van der Waals surface area contributed by atoms with Gasteiger partial charge in [-0.15, -0.1) is 0 Å². The number of nitriles is 1. The van der Waals surface area contributed by atoms with E-state index in [2.05, 4.69) is 31.4 Å². The molecule has 0 amide bonds. The van der Waals surface area contributed by atoms with Crippen molar-refractivity contribution >= 4 is 11.0 Å². The van der Waals surface area contributed by atoms with Crippen LogP contribution in [0.5, 0.6) is 0 Å². The van der Waals surface area contributed by atoms with Gasteiger partial charge in [-0.2, -0.15) is 20.7 Å². The van der Waals surface area contributed by atoms with Gasteiger partial charge in [0.2, 0.25) is 0 Å². The lowest BCUT2D eigenvalue weighted by atomic mass is 9.90. The van der Waals surface area contributed by atoms with E-state index < -0.39 is 0 Å². The molecule has 0 aliphatic heterocycles. The van der Waals surface area contributed by atoms with Gasteiger partial charge in [0, 0.05) is 18.0 Å². The predicted octanol–water partition coefficient (Wildman–Crippen LogP) is 3.26. The molecule has 1 N–H and O–H groups in total. The minimum absolute atomic E-state index is 0.566. The molecule has 0 atom stereocenters. The zero-order valence-electron chi connectivity index (χ0n) is 12.9. The van der Waals surface area contributed by atoms with Gasteiger partial charge in [0.15, 0.2) is 0 Å². The number of rotatable bonds is 2. The van der Waals surface area contributed by atoms with Crippen molar-refractivity contribution in [3.05, 3.63) is 60.0 Å². The first-order valence-corrected chi connectivity index (χ1v) is 7.39. The molecule has 0 saturated carbocycles. The van der Waals surface area contributed by atoms with Crippen molar-refractivity contribution in [1.82, 2.24) is 25.4 Å². The zero-order chi connectivity index (χ0) is 16.5. The molecule has 0 unspecified atom stereocenters. The van der Waals surface area contributed by atoms with Crippen molar-refractivity contribution in [2.45, 2.75) is 6.92 Å². The summed E-state index contributed by atoms with van der Waals surface area (Å²) in [5.74, 6) is 0. The first kappa shape index (κ1) is 14.0. The quantitative estimate of drug-likeness (QED) is 0.613. The molecule has 2 heterocycles. The van der Waals surface area contributed by atoms with Crippen LogP contribution in [0.25, 0.3) is 33.4 Å². The standard InChI is InChI=1S/C18H12N6/c1-11-2-3-13(9-19)18(16-10-20-6-7-21-16)17(11)12-4-5-14-15(8-12)23-24-22-14/h2-8,10H,1H3,(H,22,23,24). The number of fused-ring (bicyclic) bond motifs is 1. The molecule has 2 aromatic carbocycles. The molecule has 0 aliphatic carbocycles. The number of benzene rings is 2. The average molecular weight is 312 g/mol. The van der Waals surface area contributed by atoms with Crippen molar-refractivity contribution in [3.8, 4) is 28.5 Å². The van der Waals surface area contributed by atoms with E-state index in [4.69, 9.17) is 0 Å². The highest BCUT2D eigenvalue weighted by Crippen LogP contribution is 2.36. The molecule has 6 nitrogen and oxygen atoms in total. The molecule has 24 heavy (non-hydrogen) atoms. The Bertz CT molecular complexity index is 1080. The van der Waals surface area contributed by atoms with Gasteiger partial charge < -0.3 is 0 Å². The van der Waals surface area contributed by atoms with E-state index in [-0.39, 0.29) is 0 Å². The molecule has 6 heteroatoms. The van der Waals surface area contributed by atoms with Crippen LogP contribution in [0.1, 0.15) is 11.1 Å². The van der Waals surface area contributed by atoms with E-state index in [1.54, 1.807) is 18.6 Å². The maximum absolute atomic E-state index is 9.56. The summed E-state index contributed by atoms with van der Waals surface area (Å²) in [5, 5.41) is 20.4. The number of nitrogens with one attached hydrogen (secondary N) is 1. The lowest BCUT2D eigenvalue weighted by Gasteiger charge is -2.14. The van der Waals surface area contributed by atoms with Crippen LogP contribution in [0.4, 0.5) is 0 Å². The predicted molar refractivity (Wildman–Crippen MR) is 89.8 cm³/mol. The molecular weight excluding hydrogens is 300 g/mol. The van der Waals surface area contributed by atoms with E-state index in [1.165, 1.54) is 0 Å². The van der Waals surface area contributed by atoms with Crippen molar-refractivity contribution in [1.29, 1.82) is 5.26 Å². The molecule has 2 aromatic heterocycles. The van der Waals surface area contributed by atoms with Crippen LogP contribution in [-0.2, 0) is 0 Å². The van der Waals surface area contributed by atoms with E-state index in [9.17, 15) is 5.26 Å². The maximum atomic E-state index is 9.56. The third kappa shape index (κ3) is 2.20. The minimum atomic E-state index is 0.566. The number of H-pyrrole nitrogens is 1. The highest BCUT2D eigenvalue weighted by molar-refractivity contribution is 5.91. The van der Waals surface area contributed by atoms with Crippen LogP contribution in [0.2, 0.25) is 0 Å². The second-order valence-electron chi connectivity index (χ2n) is 5.41. The number of aryl methyl sites for hydroxylation is 1. The summed E-state index contributed by atoms with van der Waals surface area (Å²) in [7, 11) is 0. The second kappa shape index (κ2) is 5.56. The van der Waals surface area contributed by atoms with Gasteiger partial charge in [0.25, 0.3) is 0 Å². The maximum Gasteiger partial charge on any atom is 0.113 e. The smallest absolute Gasteiger partial charge is 0.113 e. The summed E-state index contributed by atoms with van der Waals surface area (Å²) in [4.78, 5) is 8.53. The van der Waals surface area contributed by atoms with Gasteiger partial charge in [-0.3, -0.25) is 9.97 Å². The number of hydrogen-bond donors (Lipinski definition) is 1. The van der Waals surface area contributed by atoms with Gasteiger partial charge in [-0.25, -0.2) is 0 Å². The Morgan fingerprint density at radius 2 is 1.88 bits per heavy atom. The van der Waals surface area contributed by atoms with Crippen LogP contribution in [-0.4, -0.2) is 25.4 Å². The van der Waals surface area contributed by atoms with Crippen LogP contribution in [0.15, 0.2) is 48.9 Å². The van der Waals surface area contributed by atoms with Gasteiger partial charge in [0.05, 0.1) is 23.5 Å². The molecule has 0 fully saturated rings. The summed E-state index contributed by atoms with van der Waals surface area (Å²) in [6.07, 6.45) is 4.92. The van der Waals surface area contributed by atoms with Gasteiger partial charge in [0.1, 0.15) is 11.0 Å². The highest BCUT2D eigenvalue weighted by Gasteiger charge is 2.17. The summed E-state index contributed by atoms with van der Waals surface area (Å²) >= 11 is 0. The third-order valence-corrected chi connectivity index (χ3v) is 3.96. The minimum Gasteiger partial charge on any atom is -0.261 e. The molecular formula is C18H12N6. The topological polar surface area (TPSA) is 91.1 Å². The number of hydrogen-bond acceptors (Lipinski definition) is 5. The third-order valence-electron chi connectivity index (χ3n) is 3.96. The first-order valence-electron chi connectivity index (χ1n) is 7.39. The Labute approximate surface area is 137 Å². The summed E-state index contributed by atoms with van der Waals surface area (Å²) in [5.41, 5.74) is 6.58. The van der Waals surface area contributed by atoms with Crippen LogP contribution in [0.3, 0.4) is 0 Å². The van der Waals surface area contributed by atoms with Crippen molar-refractivity contribution in [2.24, 2.45) is 0 Å². The Hall–Kier alpha value is -3.59. The molecule has 4 aromatic rings. The Morgan fingerprint density at radius 1 is 1.00 bits per heavy atom. The normalized spacial score (nSPS) is 10.7. The van der Waals surface area contributed by atoms with Crippen molar-refractivity contribution in [3.63, 3.8) is 0 Å².